The minimum Gasteiger partial charge on any atom is -0.484 e. The Kier molecular flexibility index (Phi) is 4.41. The van der Waals surface area contributed by atoms with E-state index in [0.29, 0.717) is 17.5 Å². The summed E-state index contributed by atoms with van der Waals surface area (Å²) in [6.07, 6.45) is 2.06. The summed E-state index contributed by atoms with van der Waals surface area (Å²) in [7, 11) is 0. The van der Waals surface area contributed by atoms with E-state index >= 15 is 0 Å². The molecule has 2 aliphatic rings. The lowest BCUT2D eigenvalue weighted by Gasteiger charge is -2.09. The van der Waals surface area contributed by atoms with E-state index in [9.17, 15) is 14.4 Å². The number of benzene rings is 1. The van der Waals surface area contributed by atoms with Gasteiger partial charge in [0.2, 0.25) is 5.91 Å². The largest absolute Gasteiger partial charge is 0.484 e. The minimum absolute atomic E-state index is 0.0429. The van der Waals surface area contributed by atoms with Gasteiger partial charge in [-0.05, 0) is 42.5 Å². The van der Waals surface area contributed by atoms with Crippen molar-refractivity contribution >= 4 is 23.5 Å². The standard InChI is InChI=1S/C18H22N2O5/c1-18(2)14(15(18)17(23)24)16(22)20-11-5-7-12(8-6-11)25-9-13(21)19-10-3-4-10/h5-8,10,14-15H,3-4,9H2,1-2H3,(H,19,21)(H,20,22)(H,23,24)/t14-,15-/m1/s1. The lowest BCUT2D eigenvalue weighted by atomic mass is 10.1. The normalized spacial score (nSPS) is 23.4. The molecule has 7 heteroatoms. The molecule has 2 fully saturated rings. The predicted octanol–water partition coefficient (Wildman–Crippen LogP) is 1.64. The van der Waals surface area contributed by atoms with Gasteiger partial charge in [0.1, 0.15) is 5.75 Å². The number of nitrogens with one attached hydrogen (secondary N) is 2. The van der Waals surface area contributed by atoms with Crippen LogP contribution < -0.4 is 15.4 Å². The number of rotatable bonds is 7. The number of amides is 2. The van der Waals surface area contributed by atoms with Crippen molar-refractivity contribution in [2.24, 2.45) is 17.3 Å². The number of hydrogen-bond acceptors (Lipinski definition) is 4. The maximum Gasteiger partial charge on any atom is 0.307 e. The molecule has 1 aromatic carbocycles. The minimum atomic E-state index is -0.946. The third-order valence-electron chi connectivity index (χ3n) is 4.81. The van der Waals surface area contributed by atoms with Crippen LogP contribution in [-0.4, -0.2) is 35.5 Å². The summed E-state index contributed by atoms with van der Waals surface area (Å²) in [5, 5.41) is 14.7. The van der Waals surface area contributed by atoms with E-state index in [1.54, 1.807) is 38.1 Å². The first-order chi connectivity index (χ1) is 11.8. The Hall–Kier alpha value is -2.57. The maximum atomic E-state index is 12.3. The summed E-state index contributed by atoms with van der Waals surface area (Å²) in [5.41, 5.74) is 0.0278. The van der Waals surface area contributed by atoms with E-state index in [2.05, 4.69) is 10.6 Å². The molecule has 7 nitrogen and oxygen atoms in total. The van der Waals surface area contributed by atoms with Crippen molar-refractivity contribution in [2.45, 2.75) is 32.7 Å². The van der Waals surface area contributed by atoms with Crippen LogP contribution in [0.1, 0.15) is 26.7 Å². The summed E-state index contributed by atoms with van der Waals surface area (Å²) in [6, 6.07) is 6.95. The molecule has 0 aromatic heterocycles. The number of carboxylic acids is 1. The van der Waals surface area contributed by atoms with E-state index in [-0.39, 0.29) is 18.4 Å². The van der Waals surface area contributed by atoms with Gasteiger partial charge in [0.05, 0.1) is 11.8 Å². The van der Waals surface area contributed by atoms with Gasteiger partial charge < -0.3 is 20.5 Å². The van der Waals surface area contributed by atoms with Gasteiger partial charge in [-0.3, -0.25) is 14.4 Å². The van der Waals surface area contributed by atoms with Crippen LogP contribution in [0.5, 0.6) is 5.75 Å². The molecule has 0 bridgehead atoms. The number of hydrogen-bond donors (Lipinski definition) is 3. The predicted molar refractivity (Wildman–Crippen MR) is 90.1 cm³/mol. The molecule has 0 spiro atoms. The number of aliphatic carboxylic acids is 1. The second kappa shape index (κ2) is 6.38. The molecule has 2 atom stereocenters. The molecule has 134 valence electrons. The van der Waals surface area contributed by atoms with Crippen molar-refractivity contribution in [1.29, 1.82) is 0 Å². The fraction of sp³-hybridized carbons (Fsp3) is 0.500. The molecule has 2 amide bonds. The van der Waals surface area contributed by atoms with E-state index in [1.165, 1.54) is 0 Å². The first-order valence-corrected chi connectivity index (χ1v) is 8.35. The molecule has 2 aliphatic carbocycles. The van der Waals surface area contributed by atoms with Crippen molar-refractivity contribution in [1.82, 2.24) is 5.32 Å². The third kappa shape index (κ3) is 3.92. The van der Waals surface area contributed by atoms with Gasteiger partial charge in [-0.1, -0.05) is 13.8 Å². The highest BCUT2D eigenvalue weighted by Gasteiger charge is 2.65. The first kappa shape index (κ1) is 17.3. The molecule has 2 saturated carbocycles. The van der Waals surface area contributed by atoms with Gasteiger partial charge in [-0.25, -0.2) is 0 Å². The van der Waals surface area contributed by atoms with Crippen LogP contribution >= 0.6 is 0 Å². The molecular weight excluding hydrogens is 324 g/mol. The Labute approximate surface area is 145 Å². The monoisotopic (exact) mass is 346 g/mol. The lowest BCUT2D eigenvalue weighted by molar-refractivity contribution is -0.140. The van der Waals surface area contributed by atoms with Crippen LogP contribution in [0.15, 0.2) is 24.3 Å². The Morgan fingerprint density at radius 1 is 1.16 bits per heavy atom. The summed E-state index contributed by atoms with van der Waals surface area (Å²) < 4.78 is 5.40. The molecule has 0 unspecified atom stereocenters. The van der Waals surface area contributed by atoms with Crippen LogP contribution in [-0.2, 0) is 14.4 Å². The van der Waals surface area contributed by atoms with Crippen LogP contribution in [0.2, 0.25) is 0 Å². The zero-order valence-electron chi connectivity index (χ0n) is 14.2. The SMILES string of the molecule is CC1(C)[C@@H](C(=O)O)[C@@H]1C(=O)Nc1ccc(OCC(=O)NC2CC2)cc1. The highest BCUT2D eigenvalue weighted by atomic mass is 16.5. The molecule has 1 aromatic rings. The summed E-state index contributed by atoms with van der Waals surface area (Å²) >= 11 is 0. The van der Waals surface area contributed by atoms with Crippen molar-refractivity contribution in [2.75, 3.05) is 11.9 Å². The fourth-order valence-corrected chi connectivity index (χ4v) is 3.09. The quantitative estimate of drug-likeness (QED) is 0.696. The van der Waals surface area contributed by atoms with Crippen LogP contribution in [0, 0.1) is 17.3 Å². The average Bonchev–Trinajstić information content (AvgIpc) is 3.43. The van der Waals surface area contributed by atoms with E-state index in [4.69, 9.17) is 9.84 Å². The highest BCUT2D eigenvalue weighted by Crippen LogP contribution is 2.58. The second-order valence-corrected chi connectivity index (χ2v) is 7.26. The van der Waals surface area contributed by atoms with Crippen molar-refractivity contribution in [3.8, 4) is 5.75 Å². The van der Waals surface area contributed by atoms with Gasteiger partial charge >= 0.3 is 5.97 Å². The van der Waals surface area contributed by atoms with Gasteiger partial charge in [0, 0.05) is 11.7 Å². The maximum absolute atomic E-state index is 12.3. The molecule has 0 heterocycles. The number of ether oxygens (including phenoxy) is 1. The highest BCUT2D eigenvalue weighted by molar-refractivity contribution is 5.99. The van der Waals surface area contributed by atoms with Crippen molar-refractivity contribution in [3.05, 3.63) is 24.3 Å². The average molecular weight is 346 g/mol. The van der Waals surface area contributed by atoms with E-state index < -0.39 is 23.2 Å². The molecule has 3 N–H and O–H groups in total. The Morgan fingerprint density at radius 3 is 2.32 bits per heavy atom. The number of carbonyl (C=O) groups is 3. The van der Waals surface area contributed by atoms with Gasteiger partial charge in [-0.2, -0.15) is 0 Å². The molecule has 0 aliphatic heterocycles. The van der Waals surface area contributed by atoms with Crippen LogP contribution in [0.3, 0.4) is 0 Å². The lowest BCUT2D eigenvalue weighted by Crippen LogP contribution is -2.30. The van der Waals surface area contributed by atoms with E-state index in [1.807, 2.05) is 0 Å². The van der Waals surface area contributed by atoms with Gasteiger partial charge in [0.25, 0.3) is 5.91 Å². The summed E-state index contributed by atoms with van der Waals surface area (Å²) in [5.74, 6) is -2.05. The van der Waals surface area contributed by atoms with Crippen LogP contribution in [0.25, 0.3) is 0 Å². The Bertz CT molecular complexity index is 694. The Morgan fingerprint density at radius 2 is 1.80 bits per heavy atom. The third-order valence-corrected chi connectivity index (χ3v) is 4.81. The van der Waals surface area contributed by atoms with Crippen molar-refractivity contribution < 1.29 is 24.2 Å². The number of carboxylic acid groups (broad SMARTS) is 1. The molecule has 0 saturated heterocycles. The van der Waals surface area contributed by atoms with Crippen molar-refractivity contribution in [3.63, 3.8) is 0 Å². The van der Waals surface area contributed by atoms with Gasteiger partial charge in [0.15, 0.2) is 6.61 Å². The first-order valence-electron chi connectivity index (χ1n) is 8.35. The molecule has 0 radical (unpaired) electrons. The van der Waals surface area contributed by atoms with Gasteiger partial charge in [-0.15, -0.1) is 0 Å². The van der Waals surface area contributed by atoms with E-state index in [0.717, 1.165) is 12.8 Å². The summed E-state index contributed by atoms with van der Waals surface area (Å²) in [4.78, 5) is 35.0. The number of carbonyl (C=O) groups excluding carboxylic acids is 2. The molecule has 25 heavy (non-hydrogen) atoms. The fourth-order valence-electron chi connectivity index (χ4n) is 3.09. The summed E-state index contributed by atoms with van der Waals surface area (Å²) in [6.45, 7) is 3.51. The second-order valence-electron chi connectivity index (χ2n) is 7.26. The zero-order chi connectivity index (χ0) is 18.2. The molecule has 3 rings (SSSR count). The molecular formula is C18H22N2O5. The topological polar surface area (TPSA) is 105 Å². The van der Waals surface area contributed by atoms with Crippen LogP contribution in [0.4, 0.5) is 5.69 Å². The zero-order valence-corrected chi connectivity index (χ0v) is 14.2. The smallest absolute Gasteiger partial charge is 0.307 e. The number of anilines is 1. The Balaban J connectivity index is 1.50.